The molecule has 10 heteroatoms. The average Bonchev–Trinajstić information content (AvgIpc) is 3.13. The van der Waals surface area contributed by atoms with Crippen molar-refractivity contribution in [3.05, 3.63) is 54.4 Å². The number of ether oxygens (including phenoxy) is 1. The fourth-order valence-corrected chi connectivity index (χ4v) is 3.62. The first kappa shape index (κ1) is 19.4. The van der Waals surface area contributed by atoms with Gasteiger partial charge in [-0.05, 0) is 17.7 Å². The van der Waals surface area contributed by atoms with Crippen LogP contribution in [0.3, 0.4) is 0 Å². The standard InChI is InChI=1S/C19H19B5FN3O/c20-13-14(21)16(23)18(17(24)15(13)22)29-8-12-7-28-6-10(5-26-19(28)27-12)9-1-3-11(25)4-2-9/h1-7H,8,20-24H2. The summed E-state index contributed by atoms with van der Waals surface area (Å²) in [5, 5.41) is 0. The van der Waals surface area contributed by atoms with Crippen LogP contribution in [-0.2, 0) is 6.61 Å². The van der Waals surface area contributed by atoms with Crippen LogP contribution in [0, 0.1) is 5.82 Å². The highest BCUT2D eigenvalue weighted by molar-refractivity contribution is 6.67. The Morgan fingerprint density at radius 2 is 1.45 bits per heavy atom. The molecule has 0 unspecified atom stereocenters. The topological polar surface area (TPSA) is 39.4 Å². The van der Waals surface area contributed by atoms with E-state index in [0.717, 1.165) is 22.6 Å². The van der Waals surface area contributed by atoms with Gasteiger partial charge < -0.3 is 4.74 Å². The summed E-state index contributed by atoms with van der Waals surface area (Å²) in [5.41, 5.74) is 8.81. The molecule has 0 fully saturated rings. The van der Waals surface area contributed by atoms with Gasteiger partial charge in [-0.15, -0.1) is 5.46 Å². The van der Waals surface area contributed by atoms with Crippen molar-refractivity contribution >= 4 is 72.3 Å². The van der Waals surface area contributed by atoms with Gasteiger partial charge in [0.05, 0.1) is 5.69 Å². The molecule has 0 aliphatic carbocycles. The molecule has 0 saturated carbocycles. The number of nitrogens with zero attached hydrogens (tertiary/aromatic N) is 3. The molecule has 0 radical (unpaired) electrons. The first-order chi connectivity index (χ1) is 13.8. The van der Waals surface area contributed by atoms with E-state index in [1.54, 1.807) is 18.3 Å². The molecular weight excluding hydrogens is 359 g/mol. The fraction of sp³-hybridized carbons (Fsp3) is 0.0526. The summed E-state index contributed by atoms with van der Waals surface area (Å²) in [6.45, 7) is 0.374. The third-order valence-electron chi connectivity index (χ3n) is 5.83. The third kappa shape index (κ3) is 3.59. The van der Waals surface area contributed by atoms with Crippen LogP contribution >= 0.6 is 0 Å². The average molecular weight is 378 g/mol. The van der Waals surface area contributed by atoms with E-state index in [4.69, 9.17) is 4.74 Å². The monoisotopic (exact) mass is 379 g/mol. The number of halogens is 1. The van der Waals surface area contributed by atoms with Gasteiger partial charge in [0.15, 0.2) is 0 Å². The van der Waals surface area contributed by atoms with E-state index in [-0.39, 0.29) is 5.82 Å². The number of hydrogen-bond donors (Lipinski definition) is 0. The SMILES string of the molecule is Bc1c(B)c(B)c(OCc2cn3cc(-c4ccc(F)cc4)cnc3n2)c(B)c1B. The molecule has 138 valence electrons. The van der Waals surface area contributed by atoms with Gasteiger partial charge in [-0.2, -0.15) is 0 Å². The zero-order valence-corrected chi connectivity index (χ0v) is 17.4. The zero-order chi connectivity index (χ0) is 20.7. The van der Waals surface area contributed by atoms with Crippen molar-refractivity contribution in [3.63, 3.8) is 0 Å². The van der Waals surface area contributed by atoms with Crippen LogP contribution in [0.4, 0.5) is 4.39 Å². The summed E-state index contributed by atoms with van der Waals surface area (Å²) in [6, 6.07) is 6.38. The van der Waals surface area contributed by atoms with Crippen LogP contribution in [0.15, 0.2) is 42.9 Å². The highest BCUT2D eigenvalue weighted by atomic mass is 19.1. The first-order valence-electron chi connectivity index (χ1n) is 9.64. The van der Waals surface area contributed by atoms with Gasteiger partial charge in [-0.1, -0.05) is 34.0 Å². The largest absolute Gasteiger partial charge is 0.488 e. The van der Waals surface area contributed by atoms with E-state index < -0.39 is 0 Å². The fourth-order valence-electron chi connectivity index (χ4n) is 3.62. The summed E-state index contributed by atoms with van der Waals surface area (Å²) in [6.07, 6.45) is 5.62. The van der Waals surface area contributed by atoms with Crippen molar-refractivity contribution in [2.24, 2.45) is 0 Å². The molecule has 4 nitrogen and oxygen atoms in total. The number of fused-ring (bicyclic) bond motifs is 1. The summed E-state index contributed by atoms with van der Waals surface area (Å²) in [7, 11) is 10.6. The lowest BCUT2D eigenvalue weighted by Crippen LogP contribution is -2.54. The van der Waals surface area contributed by atoms with E-state index in [2.05, 4.69) is 49.2 Å². The smallest absolute Gasteiger partial charge is 0.234 e. The molecule has 2 aromatic carbocycles. The van der Waals surface area contributed by atoms with Gasteiger partial charge in [0.2, 0.25) is 5.78 Å². The van der Waals surface area contributed by atoms with Crippen molar-refractivity contribution in [1.29, 1.82) is 0 Å². The number of imidazole rings is 1. The molecule has 29 heavy (non-hydrogen) atoms. The van der Waals surface area contributed by atoms with Gasteiger partial charge in [0.25, 0.3) is 0 Å². The number of hydrogen-bond acceptors (Lipinski definition) is 3. The van der Waals surface area contributed by atoms with E-state index in [0.29, 0.717) is 12.4 Å². The van der Waals surface area contributed by atoms with E-state index in [1.165, 1.54) is 39.4 Å². The minimum atomic E-state index is -0.253. The molecule has 4 aromatic rings. The lowest BCUT2D eigenvalue weighted by Gasteiger charge is -2.20. The van der Waals surface area contributed by atoms with Crippen molar-refractivity contribution in [1.82, 2.24) is 14.4 Å². The van der Waals surface area contributed by atoms with Crippen molar-refractivity contribution < 1.29 is 9.13 Å². The molecule has 0 atom stereocenters. The lowest BCUT2D eigenvalue weighted by molar-refractivity contribution is 0.307. The molecular formula is C19H19B5FN3O. The number of aromatic nitrogens is 3. The van der Waals surface area contributed by atoms with Crippen LogP contribution in [0.2, 0.25) is 0 Å². The molecule has 2 aromatic heterocycles. The van der Waals surface area contributed by atoms with Crippen molar-refractivity contribution in [3.8, 4) is 16.9 Å². The molecule has 4 rings (SSSR count). The summed E-state index contributed by atoms with van der Waals surface area (Å²) in [4.78, 5) is 9.00. The Balaban J connectivity index is 1.61. The second kappa shape index (κ2) is 7.50. The van der Waals surface area contributed by atoms with E-state index in [1.807, 2.05) is 16.8 Å². The number of benzene rings is 2. The van der Waals surface area contributed by atoms with Crippen molar-refractivity contribution in [2.75, 3.05) is 0 Å². The predicted molar refractivity (Wildman–Crippen MR) is 130 cm³/mol. The van der Waals surface area contributed by atoms with Gasteiger partial charge in [-0.25, -0.2) is 14.4 Å². The van der Waals surface area contributed by atoms with Crippen molar-refractivity contribution in [2.45, 2.75) is 6.61 Å². The Labute approximate surface area is 174 Å². The normalized spacial score (nSPS) is 11.1. The Morgan fingerprint density at radius 3 is 2.10 bits per heavy atom. The summed E-state index contributed by atoms with van der Waals surface area (Å²) >= 11 is 0. The zero-order valence-electron chi connectivity index (χ0n) is 17.4. The van der Waals surface area contributed by atoms with Gasteiger partial charge >= 0.3 is 0 Å². The highest BCUT2D eigenvalue weighted by Crippen LogP contribution is 2.19. The molecule has 0 saturated heterocycles. The lowest BCUT2D eigenvalue weighted by atomic mass is 9.62. The van der Waals surface area contributed by atoms with Crippen LogP contribution in [0.25, 0.3) is 16.9 Å². The molecule has 0 aliphatic rings. The van der Waals surface area contributed by atoms with Crippen LogP contribution in [-0.4, -0.2) is 53.6 Å². The molecule has 0 aliphatic heterocycles. The molecule has 2 heterocycles. The minimum absolute atomic E-state index is 0.253. The van der Waals surface area contributed by atoms with Gasteiger partial charge in [-0.3, -0.25) is 4.40 Å². The molecule has 0 N–H and O–H groups in total. The maximum atomic E-state index is 13.2. The Bertz CT molecular complexity index is 1200. The first-order valence-corrected chi connectivity index (χ1v) is 9.64. The van der Waals surface area contributed by atoms with Gasteiger partial charge in [0, 0.05) is 24.2 Å². The third-order valence-corrected chi connectivity index (χ3v) is 5.83. The Morgan fingerprint density at radius 1 is 0.828 bits per heavy atom. The molecule has 0 spiro atoms. The Hall–Kier alpha value is -2.89. The maximum absolute atomic E-state index is 13.2. The van der Waals surface area contributed by atoms with E-state index in [9.17, 15) is 4.39 Å². The second-order valence-corrected chi connectivity index (χ2v) is 7.53. The second-order valence-electron chi connectivity index (χ2n) is 7.53. The summed E-state index contributed by atoms with van der Waals surface area (Å²) < 4.78 is 21.2. The van der Waals surface area contributed by atoms with Crippen LogP contribution in [0.5, 0.6) is 5.75 Å². The maximum Gasteiger partial charge on any atom is 0.234 e. The minimum Gasteiger partial charge on any atom is -0.488 e. The number of rotatable bonds is 4. The van der Waals surface area contributed by atoms with Gasteiger partial charge in [0.1, 0.15) is 57.4 Å². The highest BCUT2D eigenvalue weighted by Gasteiger charge is 2.13. The quantitative estimate of drug-likeness (QED) is 0.336. The van der Waals surface area contributed by atoms with Crippen LogP contribution < -0.4 is 32.1 Å². The van der Waals surface area contributed by atoms with Crippen LogP contribution in [0.1, 0.15) is 5.69 Å². The Kier molecular flexibility index (Phi) is 5.03. The molecule has 0 bridgehead atoms. The van der Waals surface area contributed by atoms with E-state index >= 15 is 0 Å². The summed E-state index contributed by atoms with van der Waals surface area (Å²) in [5.74, 6) is 1.29. The molecule has 0 amide bonds. The predicted octanol–water partition coefficient (Wildman–Crippen LogP) is -4.59.